The summed E-state index contributed by atoms with van der Waals surface area (Å²) >= 11 is 0. The van der Waals surface area contributed by atoms with Gasteiger partial charge >= 0.3 is 0 Å². The number of nitrogens with zero attached hydrogens (tertiary/aromatic N) is 1. The van der Waals surface area contributed by atoms with Crippen molar-refractivity contribution in [1.82, 2.24) is 4.90 Å². The van der Waals surface area contributed by atoms with E-state index >= 15 is 0 Å². The maximum Gasteiger partial charge on any atom is 0.122 e. The highest BCUT2D eigenvalue weighted by Crippen LogP contribution is 2.32. The van der Waals surface area contributed by atoms with E-state index in [4.69, 9.17) is 4.74 Å². The molecule has 0 bridgehead atoms. The number of hydrogen-bond acceptors (Lipinski definition) is 3. The lowest BCUT2D eigenvalue weighted by atomic mass is 9.90. The van der Waals surface area contributed by atoms with E-state index in [1.807, 2.05) is 58.8 Å². The van der Waals surface area contributed by atoms with Crippen molar-refractivity contribution in [2.24, 2.45) is 0 Å². The summed E-state index contributed by atoms with van der Waals surface area (Å²) in [5.74, 6) is 0.912. The van der Waals surface area contributed by atoms with Crippen LogP contribution in [0, 0.1) is 6.92 Å². The molecule has 3 heteroatoms. The fourth-order valence-corrected chi connectivity index (χ4v) is 2.50. The fourth-order valence-electron chi connectivity index (χ4n) is 2.50. The standard InChI is InChI=1S/C15H25NO2/c1-7-18-13-9-8-12(10-11(13)2)14(16(5)6)15(3,4)17/h8-10,14,17H,7H2,1-6H3. The van der Waals surface area contributed by atoms with Crippen LogP contribution in [0.25, 0.3) is 0 Å². The Bertz CT molecular complexity index is 394. The minimum atomic E-state index is -0.789. The predicted molar refractivity (Wildman–Crippen MR) is 75.1 cm³/mol. The van der Waals surface area contributed by atoms with Gasteiger partial charge in [0.25, 0.3) is 0 Å². The van der Waals surface area contributed by atoms with Gasteiger partial charge in [0.15, 0.2) is 0 Å². The Labute approximate surface area is 110 Å². The van der Waals surface area contributed by atoms with Crippen molar-refractivity contribution < 1.29 is 9.84 Å². The third kappa shape index (κ3) is 3.47. The minimum Gasteiger partial charge on any atom is -0.494 e. The molecule has 0 fully saturated rings. The number of likely N-dealkylation sites (N-methyl/N-ethyl adjacent to an activating group) is 1. The first-order valence-electron chi connectivity index (χ1n) is 6.39. The molecule has 1 aromatic rings. The molecule has 0 amide bonds. The van der Waals surface area contributed by atoms with Crippen molar-refractivity contribution in [3.63, 3.8) is 0 Å². The molecule has 0 saturated carbocycles. The highest BCUT2D eigenvalue weighted by Gasteiger charge is 2.30. The van der Waals surface area contributed by atoms with Crippen LogP contribution in [-0.4, -0.2) is 36.3 Å². The van der Waals surface area contributed by atoms with E-state index in [0.717, 1.165) is 16.9 Å². The molecule has 1 atom stereocenters. The molecule has 0 aliphatic heterocycles. The van der Waals surface area contributed by atoms with Gasteiger partial charge in [0.05, 0.1) is 18.2 Å². The van der Waals surface area contributed by atoms with E-state index in [0.29, 0.717) is 6.61 Å². The predicted octanol–water partition coefficient (Wildman–Crippen LogP) is 2.77. The zero-order valence-corrected chi connectivity index (χ0v) is 12.3. The molecule has 18 heavy (non-hydrogen) atoms. The molecule has 1 N–H and O–H groups in total. The van der Waals surface area contributed by atoms with Crippen LogP contribution in [0.2, 0.25) is 0 Å². The molecule has 0 radical (unpaired) electrons. The van der Waals surface area contributed by atoms with Crippen molar-refractivity contribution >= 4 is 0 Å². The first kappa shape index (κ1) is 15.0. The number of aryl methyl sites for hydroxylation is 1. The van der Waals surface area contributed by atoms with Gasteiger partial charge in [0.1, 0.15) is 5.75 Å². The summed E-state index contributed by atoms with van der Waals surface area (Å²) in [6, 6.07) is 6.07. The van der Waals surface area contributed by atoms with Crippen molar-refractivity contribution in [3.05, 3.63) is 29.3 Å². The monoisotopic (exact) mass is 251 g/mol. The molecular weight excluding hydrogens is 226 g/mol. The van der Waals surface area contributed by atoms with Gasteiger partial charge < -0.3 is 9.84 Å². The van der Waals surface area contributed by atoms with Gasteiger partial charge in [-0.25, -0.2) is 0 Å². The molecular formula is C15H25NO2. The topological polar surface area (TPSA) is 32.7 Å². The Morgan fingerprint density at radius 3 is 2.33 bits per heavy atom. The van der Waals surface area contributed by atoms with Gasteiger partial charge in [0.2, 0.25) is 0 Å². The van der Waals surface area contributed by atoms with Crippen molar-refractivity contribution in [1.29, 1.82) is 0 Å². The molecule has 0 spiro atoms. The second-order valence-electron chi connectivity index (χ2n) is 5.48. The van der Waals surface area contributed by atoms with Crippen LogP contribution in [0.1, 0.15) is 37.9 Å². The van der Waals surface area contributed by atoms with Crippen LogP contribution in [0.15, 0.2) is 18.2 Å². The van der Waals surface area contributed by atoms with Crippen LogP contribution >= 0.6 is 0 Å². The Hall–Kier alpha value is -1.06. The largest absolute Gasteiger partial charge is 0.494 e. The van der Waals surface area contributed by atoms with Gasteiger partial charge in [0, 0.05) is 0 Å². The quantitative estimate of drug-likeness (QED) is 0.873. The van der Waals surface area contributed by atoms with E-state index in [-0.39, 0.29) is 6.04 Å². The maximum atomic E-state index is 10.3. The highest BCUT2D eigenvalue weighted by molar-refractivity contribution is 5.38. The van der Waals surface area contributed by atoms with Crippen molar-refractivity contribution in [2.75, 3.05) is 20.7 Å². The van der Waals surface area contributed by atoms with Gasteiger partial charge in [-0.2, -0.15) is 0 Å². The lowest BCUT2D eigenvalue weighted by Crippen LogP contribution is -2.38. The summed E-state index contributed by atoms with van der Waals surface area (Å²) < 4.78 is 5.54. The Kier molecular flexibility index (Phi) is 4.77. The number of hydrogen-bond donors (Lipinski definition) is 1. The maximum absolute atomic E-state index is 10.3. The Morgan fingerprint density at radius 1 is 1.33 bits per heavy atom. The smallest absolute Gasteiger partial charge is 0.122 e. The summed E-state index contributed by atoms with van der Waals surface area (Å²) in [6.07, 6.45) is 0. The zero-order chi connectivity index (χ0) is 13.9. The van der Waals surface area contributed by atoms with Crippen molar-refractivity contribution in [3.8, 4) is 5.75 Å². The van der Waals surface area contributed by atoms with Gasteiger partial charge in [-0.1, -0.05) is 12.1 Å². The molecule has 1 aromatic carbocycles. The minimum absolute atomic E-state index is 0.0353. The van der Waals surface area contributed by atoms with Gasteiger partial charge in [-0.05, 0) is 59.0 Å². The van der Waals surface area contributed by atoms with E-state index in [1.165, 1.54) is 0 Å². The number of aliphatic hydroxyl groups is 1. The first-order chi connectivity index (χ1) is 8.27. The first-order valence-corrected chi connectivity index (χ1v) is 6.39. The molecule has 1 unspecified atom stereocenters. The van der Waals surface area contributed by atoms with E-state index in [9.17, 15) is 5.11 Å². The van der Waals surface area contributed by atoms with Crippen LogP contribution in [-0.2, 0) is 0 Å². The lowest BCUT2D eigenvalue weighted by Gasteiger charge is -2.35. The van der Waals surface area contributed by atoms with Gasteiger partial charge in [-0.3, -0.25) is 4.90 Å². The summed E-state index contributed by atoms with van der Waals surface area (Å²) in [5, 5.41) is 10.3. The van der Waals surface area contributed by atoms with E-state index in [2.05, 4.69) is 6.07 Å². The molecule has 0 aliphatic carbocycles. The summed E-state index contributed by atoms with van der Waals surface area (Å²) in [5.41, 5.74) is 1.42. The average Bonchev–Trinajstić information content (AvgIpc) is 2.19. The Balaban J connectivity index is 3.12. The molecule has 0 saturated heterocycles. The normalized spacial score (nSPS) is 13.8. The molecule has 3 nitrogen and oxygen atoms in total. The molecule has 102 valence electrons. The summed E-state index contributed by atoms with van der Waals surface area (Å²) in [4.78, 5) is 2.04. The van der Waals surface area contributed by atoms with Crippen LogP contribution in [0.5, 0.6) is 5.75 Å². The third-order valence-electron chi connectivity index (χ3n) is 3.00. The average molecular weight is 251 g/mol. The van der Waals surface area contributed by atoms with Crippen LogP contribution in [0.4, 0.5) is 0 Å². The van der Waals surface area contributed by atoms with Crippen LogP contribution in [0.3, 0.4) is 0 Å². The number of ether oxygens (including phenoxy) is 1. The van der Waals surface area contributed by atoms with Crippen molar-refractivity contribution in [2.45, 2.75) is 39.3 Å². The molecule has 0 aromatic heterocycles. The second kappa shape index (κ2) is 5.72. The number of rotatable bonds is 5. The molecule has 0 aliphatic rings. The van der Waals surface area contributed by atoms with E-state index in [1.54, 1.807) is 0 Å². The number of benzene rings is 1. The zero-order valence-electron chi connectivity index (χ0n) is 12.3. The summed E-state index contributed by atoms with van der Waals surface area (Å²) in [6.45, 7) is 8.36. The fraction of sp³-hybridized carbons (Fsp3) is 0.600. The lowest BCUT2D eigenvalue weighted by molar-refractivity contribution is -0.00319. The summed E-state index contributed by atoms with van der Waals surface area (Å²) in [7, 11) is 3.96. The highest BCUT2D eigenvalue weighted by atomic mass is 16.5. The second-order valence-corrected chi connectivity index (χ2v) is 5.48. The molecule has 0 heterocycles. The van der Waals surface area contributed by atoms with Gasteiger partial charge in [-0.15, -0.1) is 0 Å². The Morgan fingerprint density at radius 2 is 1.94 bits per heavy atom. The van der Waals surface area contributed by atoms with Crippen LogP contribution < -0.4 is 4.74 Å². The molecule has 1 rings (SSSR count). The third-order valence-corrected chi connectivity index (χ3v) is 3.00. The SMILES string of the molecule is CCOc1ccc(C(N(C)C)C(C)(C)O)cc1C. The van der Waals surface area contributed by atoms with E-state index < -0.39 is 5.60 Å².